The topological polar surface area (TPSA) is 212 Å². The van der Waals surface area contributed by atoms with Crippen molar-refractivity contribution in [3.8, 4) is 17.2 Å². The fourth-order valence-corrected chi connectivity index (χ4v) is 12.2. The van der Waals surface area contributed by atoms with E-state index in [1.807, 2.05) is 107 Å². The largest absolute Gasteiger partial charge is 0.494 e. The highest BCUT2D eigenvalue weighted by Crippen LogP contribution is 2.24. The minimum absolute atomic E-state index is 0.0268. The second kappa shape index (κ2) is 62.3. The van der Waals surface area contributed by atoms with Crippen LogP contribution >= 0.6 is 22.7 Å². The molecule has 8 rings (SSSR count). The van der Waals surface area contributed by atoms with E-state index in [1.54, 1.807) is 25.2 Å². The maximum atomic E-state index is 11.2. The number of aryl methyl sites for hydroxylation is 11. The summed E-state index contributed by atoms with van der Waals surface area (Å²) in [7, 11) is 0. The van der Waals surface area contributed by atoms with Crippen LogP contribution in [-0.4, -0.2) is 108 Å². The van der Waals surface area contributed by atoms with Gasteiger partial charge in [-0.2, -0.15) is 0 Å². The molecular weight excluding hydrogens is 1440 g/mol. The molecule has 608 valence electrons. The summed E-state index contributed by atoms with van der Waals surface area (Å²) in [5.74, 6) is 1.05. The molecule has 2 aromatic heterocycles. The van der Waals surface area contributed by atoms with Crippen molar-refractivity contribution in [2.24, 2.45) is 0 Å². The Morgan fingerprint density at radius 2 is 0.577 bits per heavy atom. The summed E-state index contributed by atoms with van der Waals surface area (Å²) in [5.41, 5.74) is 8.93. The van der Waals surface area contributed by atoms with Crippen molar-refractivity contribution in [1.29, 1.82) is 0 Å². The summed E-state index contributed by atoms with van der Waals surface area (Å²) in [6, 6.07) is 53.4. The first-order chi connectivity index (χ1) is 53.8. The van der Waals surface area contributed by atoms with E-state index in [2.05, 4.69) is 146 Å². The van der Waals surface area contributed by atoms with Crippen molar-refractivity contribution in [1.82, 2.24) is 0 Å². The van der Waals surface area contributed by atoms with Gasteiger partial charge < -0.3 is 47.4 Å². The summed E-state index contributed by atoms with van der Waals surface area (Å²) in [6.45, 7) is 31.2. The van der Waals surface area contributed by atoms with Crippen molar-refractivity contribution in [3.05, 3.63) is 216 Å². The molecule has 0 unspecified atom stereocenters. The first-order valence-corrected chi connectivity index (χ1v) is 41.4. The number of carbonyl (C=O) groups excluding carboxylic acids is 7. The lowest BCUT2D eigenvalue weighted by Crippen LogP contribution is -2.14. The van der Waals surface area contributed by atoms with Gasteiger partial charge in [-0.25, -0.2) is 9.59 Å². The molecule has 0 spiro atoms. The Morgan fingerprint density at radius 1 is 0.252 bits per heavy atom. The first kappa shape index (κ1) is 97.7. The molecule has 0 bridgehead atoms. The van der Waals surface area contributed by atoms with Gasteiger partial charge in [-0.1, -0.05) is 146 Å². The van der Waals surface area contributed by atoms with Crippen LogP contribution in [0.15, 0.2) is 158 Å². The molecule has 6 aromatic carbocycles. The minimum Gasteiger partial charge on any atom is -0.494 e. The molecule has 0 atom stereocenters. The summed E-state index contributed by atoms with van der Waals surface area (Å²) in [4.78, 5) is 83.1. The summed E-state index contributed by atoms with van der Waals surface area (Å²) >= 11 is 3.63. The molecule has 0 radical (unpaired) electrons. The summed E-state index contributed by atoms with van der Waals surface area (Å²) < 4.78 is 50.2. The number of esters is 7. The van der Waals surface area contributed by atoms with E-state index in [0.717, 1.165) is 94.6 Å². The van der Waals surface area contributed by atoms with Gasteiger partial charge in [-0.3, -0.25) is 24.0 Å². The first-order valence-electron chi connectivity index (χ1n) is 39.8. The second-order valence-corrected chi connectivity index (χ2v) is 27.4. The van der Waals surface area contributed by atoms with Crippen LogP contribution in [0.5, 0.6) is 17.2 Å². The maximum absolute atomic E-state index is 11.2. The van der Waals surface area contributed by atoms with Gasteiger partial charge in [0.2, 0.25) is 0 Å². The van der Waals surface area contributed by atoms with Crippen LogP contribution in [0.25, 0.3) is 10.8 Å². The third kappa shape index (κ3) is 46.8. The van der Waals surface area contributed by atoms with E-state index in [9.17, 15) is 33.6 Å². The Labute approximate surface area is 670 Å². The third-order valence-electron chi connectivity index (χ3n) is 16.4. The Bertz CT molecular complexity index is 3840. The number of benzene rings is 6. The van der Waals surface area contributed by atoms with Gasteiger partial charge in [0.1, 0.15) is 17.2 Å². The molecule has 17 nitrogen and oxygen atoms in total. The molecule has 111 heavy (non-hydrogen) atoms. The molecule has 8 aromatic rings. The van der Waals surface area contributed by atoms with Gasteiger partial charge in [0.15, 0.2) is 13.2 Å². The molecule has 0 fully saturated rings. The van der Waals surface area contributed by atoms with Crippen LogP contribution in [0, 0.1) is 0 Å². The molecular formula is C92H126O17S2. The van der Waals surface area contributed by atoms with E-state index in [4.69, 9.17) is 47.4 Å². The van der Waals surface area contributed by atoms with Crippen molar-refractivity contribution in [2.45, 2.75) is 219 Å². The van der Waals surface area contributed by atoms with E-state index >= 15 is 0 Å². The molecule has 0 aliphatic carbocycles. The van der Waals surface area contributed by atoms with Gasteiger partial charge in [-0.15, -0.1) is 22.7 Å². The number of hydrogen-bond donors (Lipinski definition) is 0. The van der Waals surface area contributed by atoms with Crippen LogP contribution in [-0.2, 0) is 137 Å². The zero-order chi connectivity index (χ0) is 81.7. The van der Waals surface area contributed by atoms with Crippen LogP contribution in [0.1, 0.15) is 207 Å². The molecule has 0 saturated heterocycles. The Hall–Kier alpha value is -9.33. The highest BCUT2D eigenvalue weighted by Gasteiger charge is 2.10. The van der Waals surface area contributed by atoms with Crippen LogP contribution in [0.4, 0.5) is 0 Å². The summed E-state index contributed by atoms with van der Waals surface area (Å²) in [6.07, 6.45) is 15.7. The lowest BCUT2D eigenvalue weighted by atomic mass is 10.1. The predicted octanol–water partition coefficient (Wildman–Crippen LogP) is 20.4. The van der Waals surface area contributed by atoms with Crippen LogP contribution in [0.2, 0.25) is 0 Å². The van der Waals surface area contributed by atoms with Gasteiger partial charge in [-0.05, 0) is 249 Å². The standard InChI is InChI=1S/C16H18O3.C14H20O3.C14H20O2.C13H18O2.C12H16O3.C12H18O2S.C11H16O2S/c1-3-12-5-6-14-10-15(8-7-13(14)9-12)19-11-16(17)18-4-2;1-3-12-7-5-8-13(11-12)17-10-6-9-14(15)16-4-2;1-3-12-8-10-13(11-9-12)6-5-7-14(15)16-4-2;1-3-11-5-7-12(8-6-11)9-10-13(14)15-4-2;1-3-10-6-5-7-11(8-10)15-9-12(13)14-4-2;1-3-10-8-9-11(15-10)6-5-7-12(13)14-4-2;1-3-9-5-6-10(14-9)7-8-11(12)13-4-2/h5-10H,3-4,11H2,1-2H3;5,7-8,11H,3-4,6,9-10H2,1-2H3;8-11H,3-7H2,1-2H3;5-8H,3-4,9-10H2,1-2H3;5-8H,3-4,9H2,1-2H3;8-9H,3-7H2,1-2H3;5-6H,3-4,7-8H2,1-2H3. The Morgan fingerprint density at radius 3 is 1.00 bits per heavy atom. The lowest BCUT2D eigenvalue weighted by Gasteiger charge is -2.07. The third-order valence-corrected chi connectivity index (χ3v) is 19.0. The van der Waals surface area contributed by atoms with Crippen molar-refractivity contribution in [3.63, 3.8) is 0 Å². The van der Waals surface area contributed by atoms with Crippen LogP contribution < -0.4 is 14.2 Å². The fourth-order valence-electron chi connectivity index (χ4n) is 10.2. The molecule has 19 heteroatoms. The highest BCUT2D eigenvalue weighted by molar-refractivity contribution is 7.12. The number of fused-ring (bicyclic) bond motifs is 1. The second-order valence-electron chi connectivity index (χ2n) is 24.9. The molecule has 0 aliphatic heterocycles. The number of rotatable bonds is 39. The van der Waals surface area contributed by atoms with E-state index in [1.165, 1.54) is 63.8 Å². The van der Waals surface area contributed by atoms with E-state index in [-0.39, 0.29) is 55.0 Å². The minimum atomic E-state index is -0.344. The molecule has 0 saturated carbocycles. The van der Waals surface area contributed by atoms with Gasteiger partial charge in [0.05, 0.1) is 59.3 Å². The number of hydrogen-bond acceptors (Lipinski definition) is 19. The van der Waals surface area contributed by atoms with Crippen LogP contribution in [0.3, 0.4) is 0 Å². The number of thiophene rings is 2. The summed E-state index contributed by atoms with van der Waals surface area (Å²) in [5, 5.41) is 2.29. The highest BCUT2D eigenvalue weighted by atomic mass is 32.1. The lowest BCUT2D eigenvalue weighted by molar-refractivity contribution is -0.146. The average Bonchev–Trinajstić information content (AvgIpc) is 1.71. The maximum Gasteiger partial charge on any atom is 0.344 e. The molecule has 2 heterocycles. The fraction of sp³-hybridized carbons (Fsp3) is 0.467. The quantitative estimate of drug-likeness (QED) is 0.0199. The normalized spacial score (nSPS) is 10.1. The monoisotopic (exact) mass is 1570 g/mol. The van der Waals surface area contributed by atoms with Gasteiger partial charge in [0, 0.05) is 45.2 Å². The van der Waals surface area contributed by atoms with E-state index < -0.39 is 0 Å². The van der Waals surface area contributed by atoms with E-state index in [0.29, 0.717) is 103 Å². The molecule has 0 aliphatic rings. The average molecular weight is 1570 g/mol. The smallest absolute Gasteiger partial charge is 0.344 e. The van der Waals surface area contributed by atoms with Crippen molar-refractivity contribution >= 4 is 75.2 Å². The SMILES string of the molecule is CCOC(=O)CCCOc1cccc(CC)c1.CCOC(=O)CCCc1ccc(CC)cc1.CCOC(=O)CCCc1ccc(CC)s1.CCOC(=O)CCc1ccc(CC)cc1.CCOC(=O)CCc1ccc(CC)s1.CCOC(=O)COc1ccc2cc(CC)ccc2c1.CCOC(=O)COc1cccc(CC)c1. The van der Waals surface area contributed by atoms with Gasteiger partial charge >= 0.3 is 41.8 Å². The number of carbonyl (C=O) groups is 7. The zero-order valence-electron chi connectivity index (χ0n) is 68.8. The number of ether oxygens (including phenoxy) is 10. The Kier molecular flexibility index (Phi) is 54.9. The predicted molar refractivity (Wildman–Crippen MR) is 449 cm³/mol. The molecule has 0 N–H and O–H groups in total. The van der Waals surface area contributed by atoms with Gasteiger partial charge in [0.25, 0.3) is 0 Å². The Balaban J connectivity index is 0.000000440. The molecule has 0 amide bonds. The van der Waals surface area contributed by atoms with Crippen molar-refractivity contribution < 1.29 is 80.9 Å². The zero-order valence-corrected chi connectivity index (χ0v) is 70.4. The van der Waals surface area contributed by atoms with Crippen molar-refractivity contribution in [2.75, 3.05) is 66.1 Å².